The number of rotatable bonds is 8. The number of ether oxygens (including phenoxy) is 2. The van der Waals surface area contributed by atoms with Crippen LogP contribution < -0.4 is 14.2 Å². The van der Waals surface area contributed by atoms with Crippen LogP contribution in [0.4, 0.5) is 0 Å². The van der Waals surface area contributed by atoms with Gasteiger partial charge < -0.3 is 9.47 Å². The molecule has 6 nitrogen and oxygen atoms in total. The third kappa shape index (κ3) is 4.86. The zero-order valence-electron chi connectivity index (χ0n) is 18.2. The monoisotopic (exact) mass is 474 g/mol. The standard InChI is InChI=1S/C24H27ClN2O4S/c1-30-23-14-17-9-12-27(16-19(17)15-24(23)31-2)11-4-10-26-32(28,29)20-7-8-21-18(13-20)5-3-6-22(21)25/h3,5-8,13-15,26H,4,9-12,16H2,1-2H3. The number of halogens is 1. The first-order chi connectivity index (χ1) is 15.4. The fourth-order valence-electron chi connectivity index (χ4n) is 4.11. The summed E-state index contributed by atoms with van der Waals surface area (Å²) in [5, 5.41) is 2.26. The maximum Gasteiger partial charge on any atom is 0.240 e. The Morgan fingerprint density at radius 3 is 2.53 bits per heavy atom. The van der Waals surface area contributed by atoms with Gasteiger partial charge in [-0.1, -0.05) is 29.8 Å². The Balaban J connectivity index is 1.33. The van der Waals surface area contributed by atoms with Gasteiger partial charge in [0.15, 0.2) is 11.5 Å². The van der Waals surface area contributed by atoms with Crippen LogP contribution in [-0.2, 0) is 23.0 Å². The highest BCUT2D eigenvalue weighted by molar-refractivity contribution is 7.89. The average Bonchev–Trinajstić information content (AvgIpc) is 2.80. The lowest BCUT2D eigenvalue weighted by Crippen LogP contribution is -2.33. The van der Waals surface area contributed by atoms with Gasteiger partial charge >= 0.3 is 0 Å². The first kappa shape index (κ1) is 22.9. The van der Waals surface area contributed by atoms with E-state index in [1.807, 2.05) is 18.2 Å². The highest BCUT2D eigenvalue weighted by atomic mass is 35.5. The second kappa shape index (κ2) is 9.67. The Hall–Kier alpha value is -2.32. The lowest BCUT2D eigenvalue weighted by atomic mass is 9.98. The Morgan fingerprint density at radius 2 is 1.78 bits per heavy atom. The van der Waals surface area contributed by atoms with Gasteiger partial charge in [0.25, 0.3) is 0 Å². The molecule has 1 heterocycles. The molecule has 0 aliphatic carbocycles. The van der Waals surface area contributed by atoms with Crippen molar-refractivity contribution in [3.05, 3.63) is 64.7 Å². The van der Waals surface area contributed by atoms with E-state index in [4.69, 9.17) is 21.1 Å². The molecule has 0 fully saturated rings. The van der Waals surface area contributed by atoms with Gasteiger partial charge in [0.2, 0.25) is 10.0 Å². The summed E-state index contributed by atoms with van der Waals surface area (Å²) in [4.78, 5) is 2.58. The van der Waals surface area contributed by atoms with Gasteiger partial charge in [-0.3, -0.25) is 4.90 Å². The lowest BCUT2D eigenvalue weighted by Gasteiger charge is -2.29. The van der Waals surface area contributed by atoms with E-state index >= 15 is 0 Å². The fraction of sp³-hybridized carbons (Fsp3) is 0.333. The Bertz CT molecular complexity index is 1230. The van der Waals surface area contributed by atoms with E-state index in [-0.39, 0.29) is 4.90 Å². The topological polar surface area (TPSA) is 67.9 Å². The molecule has 32 heavy (non-hydrogen) atoms. The van der Waals surface area contributed by atoms with E-state index in [1.165, 1.54) is 11.1 Å². The number of nitrogens with zero attached hydrogens (tertiary/aromatic N) is 1. The van der Waals surface area contributed by atoms with Crippen molar-refractivity contribution in [1.82, 2.24) is 9.62 Å². The van der Waals surface area contributed by atoms with Crippen molar-refractivity contribution >= 4 is 32.4 Å². The zero-order chi connectivity index (χ0) is 22.7. The number of benzene rings is 3. The number of methoxy groups -OCH3 is 2. The molecule has 4 rings (SSSR count). The lowest BCUT2D eigenvalue weighted by molar-refractivity contribution is 0.250. The van der Waals surface area contributed by atoms with E-state index in [0.29, 0.717) is 11.6 Å². The van der Waals surface area contributed by atoms with Crippen LogP contribution in [0.5, 0.6) is 11.5 Å². The summed E-state index contributed by atoms with van der Waals surface area (Å²) in [6.45, 7) is 2.93. The van der Waals surface area contributed by atoms with Crippen molar-refractivity contribution in [3.8, 4) is 11.5 Å². The normalized spacial score (nSPS) is 14.3. The molecular formula is C24H27ClN2O4S. The van der Waals surface area contributed by atoms with Gasteiger partial charge in [-0.25, -0.2) is 13.1 Å². The Kier molecular flexibility index (Phi) is 6.90. The van der Waals surface area contributed by atoms with E-state index < -0.39 is 10.0 Å². The predicted molar refractivity (Wildman–Crippen MR) is 127 cm³/mol. The summed E-state index contributed by atoms with van der Waals surface area (Å²) in [7, 11) is -0.289. The van der Waals surface area contributed by atoms with E-state index in [0.717, 1.165) is 54.7 Å². The van der Waals surface area contributed by atoms with E-state index in [2.05, 4.69) is 15.7 Å². The first-order valence-electron chi connectivity index (χ1n) is 10.6. The molecule has 170 valence electrons. The molecule has 8 heteroatoms. The smallest absolute Gasteiger partial charge is 0.240 e. The molecule has 0 aromatic heterocycles. The molecule has 0 amide bonds. The summed E-state index contributed by atoms with van der Waals surface area (Å²) in [6, 6.07) is 14.6. The first-order valence-corrected chi connectivity index (χ1v) is 12.4. The third-order valence-corrected chi connectivity index (χ3v) is 7.64. The molecule has 0 unspecified atom stereocenters. The minimum Gasteiger partial charge on any atom is -0.493 e. The summed E-state index contributed by atoms with van der Waals surface area (Å²) >= 11 is 6.18. The van der Waals surface area contributed by atoms with Crippen LogP contribution >= 0.6 is 11.6 Å². The second-order valence-electron chi connectivity index (χ2n) is 7.88. The molecule has 1 aliphatic heterocycles. The molecule has 1 N–H and O–H groups in total. The quantitative estimate of drug-likeness (QED) is 0.495. The second-order valence-corrected chi connectivity index (χ2v) is 10.1. The molecule has 0 atom stereocenters. The van der Waals surface area contributed by atoms with Crippen LogP contribution in [0, 0.1) is 0 Å². The zero-order valence-corrected chi connectivity index (χ0v) is 19.8. The molecule has 0 radical (unpaired) electrons. The van der Waals surface area contributed by atoms with Crippen molar-refractivity contribution in [2.45, 2.75) is 24.3 Å². The van der Waals surface area contributed by atoms with Crippen LogP contribution in [-0.4, -0.2) is 47.2 Å². The largest absolute Gasteiger partial charge is 0.493 e. The molecular weight excluding hydrogens is 448 g/mol. The van der Waals surface area contributed by atoms with Gasteiger partial charge in [0.05, 0.1) is 19.1 Å². The number of sulfonamides is 1. The van der Waals surface area contributed by atoms with Crippen molar-refractivity contribution in [2.24, 2.45) is 0 Å². The summed E-state index contributed by atoms with van der Waals surface area (Å²) in [6.07, 6.45) is 1.66. The van der Waals surface area contributed by atoms with Gasteiger partial charge in [0.1, 0.15) is 0 Å². The number of hydrogen-bond donors (Lipinski definition) is 1. The molecule has 3 aromatic carbocycles. The van der Waals surface area contributed by atoms with Crippen molar-refractivity contribution in [3.63, 3.8) is 0 Å². The molecule has 0 saturated heterocycles. The summed E-state index contributed by atoms with van der Waals surface area (Å²) < 4.78 is 39.0. The molecule has 1 aliphatic rings. The van der Waals surface area contributed by atoms with Crippen molar-refractivity contribution in [1.29, 1.82) is 0 Å². The minimum atomic E-state index is -3.57. The Labute approximate surface area is 194 Å². The Morgan fingerprint density at radius 1 is 1.03 bits per heavy atom. The van der Waals surface area contributed by atoms with Crippen LogP contribution in [0.2, 0.25) is 5.02 Å². The van der Waals surface area contributed by atoms with Crippen LogP contribution in [0.15, 0.2) is 53.4 Å². The molecule has 3 aromatic rings. The number of fused-ring (bicyclic) bond motifs is 2. The maximum absolute atomic E-state index is 12.7. The van der Waals surface area contributed by atoms with E-state index in [9.17, 15) is 8.42 Å². The number of nitrogens with one attached hydrogen (secondary N) is 1. The van der Waals surface area contributed by atoms with Gasteiger partial charge in [0, 0.05) is 30.0 Å². The summed E-state index contributed by atoms with van der Waals surface area (Å²) in [5.74, 6) is 1.49. The fourth-order valence-corrected chi connectivity index (χ4v) is 5.47. The van der Waals surface area contributed by atoms with Crippen LogP contribution in [0.1, 0.15) is 17.5 Å². The van der Waals surface area contributed by atoms with Gasteiger partial charge in [-0.15, -0.1) is 0 Å². The van der Waals surface area contributed by atoms with Crippen molar-refractivity contribution in [2.75, 3.05) is 33.9 Å². The number of hydrogen-bond acceptors (Lipinski definition) is 5. The van der Waals surface area contributed by atoms with Crippen LogP contribution in [0.25, 0.3) is 10.8 Å². The highest BCUT2D eigenvalue weighted by Crippen LogP contribution is 2.33. The third-order valence-electron chi connectivity index (χ3n) is 5.85. The maximum atomic E-state index is 12.7. The van der Waals surface area contributed by atoms with E-state index in [1.54, 1.807) is 38.5 Å². The highest BCUT2D eigenvalue weighted by Gasteiger charge is 2.20. The van der Waals surface area contributed by atoms with Gasteiger partial charge in [-0.05, 0) is 66.2 Å². The average molecular weight is 475 g/mol. The SMILES string of the molecule is COc1cc2c(cc1OC)CN(CCCNS(=O)(=O)c1ccc3c(Cl)cccc3c1)CC2. The van der Waals surface area contributed by atoms with Gasteiger partial charge in [-0.2, -0.15) is 0 Å². The summed E-state index contributed by atoms with van der Waals surface area (Å²) in [5.41, 5.74) is 2.50. The predicted octanol–water partition coefficient (Wildman–Crippen LogP) is 4.24. The molecule has 0 bridgehead atoms. The molecule has 0 spiro atoms. The minimum absolute atomic E-state index is 0.250. The van der Waals surface area contributed by atoms with Crippen molar-refractivity contribution < 1.29 is 17.9 Å². The van der Waals surface area contributed by atoms with Crippen LogP contribution in [0.3, 0.4) is 0 Å². The molecule has 0 saturated carbocycles.